The fourth-order valence-electron chi connectivity index (χ4n) is 16.2. The lowest BCUT2D eigenvalue weighted by atomic mass is 9.53. The minimum absolute atomic E-state index is 0.00867. The Labute approximate surface area is 656 Å². The van der Waals surface area contributed by atoms with E-state index < -0.39 is 11.7 Å². The van der Waals surface area contributed by atoms with Gasteiger partial charge in [-0.25, -0.2) is 29.6 Å². The van der Waals surface area contributed by atoms with Gasteiger partial charge in [0.15, 0.2) is 17.9 Å². The number of nitrogens with zero attached hydrogens (tertiary/aromatic N) is 5. The van der Waals surface area contributed by atoms with E-state index >= 15 is 0 Å². The van der Waals surface area contributed by atoms with Gasteiger partial charge < -0.3 is 67.9 Å². The Bertz CT molecular complexity index is 3160. The SMILES string of the molecule is CC(C)(C)NC(=NC1CCC(O)CC1)NC(C)(C)C.CC(C)(C)NC(=O)NC(=NC1CCCCC1)NC1CCCCC1.CC(C)(C)OC(=O)NC(=NC1CCCCC1)NC1CCCCC1.CC(C)N=C(NC(C)C)NC12CC3CC(CC(C3)C1)C2.Oc1ccc(N=C(Nc2ccccc2)Nc2ccc(O)cc2)cc1. The summed E-state index contributed by atoms with van der Waals surface area (Å²) < 4.78 is 5.38. The topological polar surface area (TPSA) is 298 Å². The molecule has 14 N–H and O–H groups in total. The van der Waals surface area contributed by atoms with Crippen molar-refractivity contribution in [2.75, 3.05) is 10.6 Å². The normalized spacial score (nSPS) is 23.2. The van der Waals surface area contributed by atoms with Gasteiger partial charge in [-0.15, -0.1) is 0 Å². The van der Waals surface area contributed by atoms with Crippen LogP contribution in [-0.4, -0.2) is 133 Å². The predicted octanol–water partition coefficient (Wildman–Crippen LogP) is 17.9. The number of ether oxygens (including phenoxy) is 1. The Balaban J connectivity index is 0.000000190. The molecule has 0 heterocycles. The third kappa shape index (κ3) is 36.9. The largest absolute Gasteiger partial charge is 0.508 e. The fraction of sp³-hybridized carbons (Fsp3) is 0.713. The number of benzene rings is 3. The van der Waals surface area contributed by atoms with E-state index in [1.807, 2.05) is 71.9 Å². The summed E-state index contributed by atoms with van der Waals surface area (Å²) in [5.74, 6) is 7.06. The first-order valence-corrected chi connectivity index (χ1v) is 42.0. The number of carbonyl (C=O) groups is 2. The maximum Gasteiger partial charge on any atom is 0.414 e. The van der Waals surface area contributed by atoms with Gasteiger partial charge in [0.25, 0.3) is 0 Å². The van der Waals surface area contributed by atoms with E-state index in [0.717, 1.165) is 105 Å². The molecule has 9 saturated carbocycles. The zero-order valence-corrected chi connectivity index (χ0v) is 69.9. The molecule has 0 radical (unpaired) electrons. The number of guanidine groups is 5. The molecule has 0 saturated heterocycles. The van der Waals surface area contributed by atoms with Crippen molar-refractivity contribution in [1.82, 2.24) is 47.9 Å². The molecular formula is C87H146N16O6. The summed E-state index contributed by atoms with van der Waals surface area (Å²) in [6.45, 7) is 33.1. The van der Waals surface area contributed by atoms with Crippen molar-refractivity contribution in [1.29, 1.82) is 0 Å². The number of carbonyl (C=O) groups excluding carboxylic acids is 2. The van der Waals surface area contributed by atoms with E-state index in [2.05, 4.69) is 133 Å². The second kappa shape index (κ2) is 43.4. The molecule has 0 aromatic heterocycles. The number of para-hydroxylation sites is 1. The highest BCUT2D eigenvalue weighted by Crippen LogP contribution is 2.55. The van der Waals surface area contributed by atoms with Crippen molar-refractivity contribution in [3.05, 3.63) is 78.9 Å². The number of phenolic OH excluding ortho intramolecular Hbond substituents is 2. The Hall–Kier alpha value is -7.49. The molecule has 4 bridgehead atoms. The van der Waals surface area contributed by atoms with Crippen LogP contribution in [0.25, 0.3) is 0 Å². The second-order valence-corrected chi connectivity index (χ2v) is 37.0. The Kier molecular flexibility index (Phi) is 35.3. The molecule has 0 unspecified atom stereocenters. The number of anilines is 2. The van der Waals surface area contributed by atoms with Crippen LogP contribution >= 0.6 is 0 Å². The van der Waals surface area contributed by atoms with Crippen LogP contribution in [-0.2, 0) is 4.74 Å². The quantitative estimate of drug-likeness (QED) is 0.0483. The third-order valence-electron chi connectivity index (χ3n) is 20.5. The Morgan fingerprint density at radius 3 is 1.28 bits per heavy atom. The fourth-order valence-corrected chi connectivity index (χ4v) is 16.2. The standard InChI is InChI=1S/C19H17N3O2.C18H34N4O.C18H33N3O2.C17H31N3.C15H31N3O/c23-17-10-6-15(7-11-17)21-19(20-14-4-2-1-3-5-14)22-16-8-12-18(24)13-9-16;1-18(2,3)22-17(23)21-16(19-14-10-6-4-7-11-14)20-15-12-8-5-9-13-15;1-18(2,3)23-17(22)21-16(19-14-10-6-4-7-11-14)20-15-12-8-5-9-13-15;1-11(2)18-16(19-12(3)4)20-17-8-13-5-14(9-17)7-15(6-13)10-17;1-14(2,3)17-13(18-15(4,5)6)16-11-7-9-12(19)10-8-11/h1-13,23-24H,(H2,20,21,22);14-15H,4-13H2,1-3H3,(H3,19,20,21,22,23);14-15H,4-13H2,1-3H3,(H2,19,20,21,22);11-15H,5-10H2,1-4H3,(H2,18,19,20);11-12,19H,7-10H2,1-6H3,(H2,16,17,18). The number of aliphatic hydroxyl groups excluding tert-OH is 1. The van der Waals surface area contributed by atoms with Crippen LogP contribution in [0.5, 0.6) is 11.5 Å². The number of hydrogen-bond acceptors (Lipinski definition) is 11. The minimum Gasteiger partial charge on any atom is -0.508 e. The van der Waals surface area contributed by atoms with Crippen LogP contribution in [0.3, 0.4) is 0 Å². The Morgan fingerprint density at radius 1 is 0.459 bits per heavy atom. The summed E-state index contributed by atoms with van der Waals surface area (Å²) in [5, 5.41) is 64.7. The third-order valence-corrected chi connectivity index (χ3v) is 20.5. The molecule has 0 spiro atoms. The molecule has 0 atom stereocenters. The van der Waals surface area contributed by atoms with Gasteiger partial charge in [0.2, 0.25) is 11.9 Å². The number of amides is 3. The van der Waals surface area contributed by atoms with E-state index in [9.17, 15) is 24.9 Å². The van der Waals surface area contributed by atoms with Gasteiger partial charge >= 0.3 is 12.1 Å². The highest BCUT2D eigenvalue weighted by molar-refractivity contribution is 6.05. The maximum atomic E-state index is 12.2. The lowest BCUT2D eigenvalue weighted by Crippen LogP contribution is -2.62. The first-order valence-electron chi connectivity index (χ1n) is 42.0. The second-order valence-electron chi connectivity index (χ2n) is 37.0. The monoisotopic (exact) mass is 1510 g/mol. The predicted molar refractivity (Wildman–Crippen MR) is 453 cm³/mol. The van der Waals surface area contributed by atoms with Crippen molar-refractivity contribution in [3.63, 3.8) is 0 Å². The number of aliphatic imine (C=N–C) groups is 5. The smallest absolute Gasteiger partial charge is 0.414 e. The van der Waals surface area contributed by atoms with Crippen molar-refractivity contribution in [2.24, 2.45) is 42.7 Å². The van der Waals surface area contributed by atoms with Crippen molar-refractivity contribution < 1.29 is 29.6 Å². The maximum absolute atomic E-state index is 12.2. The van der Waals surface area contributed by atoms with E-state index in [0.29, 0.717) is 71.4 Å². The van der Waals surface area contributed by atoms with E-state index in [-0.39, 0.29) is 40.3 Å². The lowest BCUT2D eigenvalue weighted by Gasteiger charge is -2.57. The highest BCUT2D eigenvalue weighted by Gasteiger charge is 2.51. The number of nitrogens with one attached hydrogen (secondary N) is 11. The van der Waals surface area contributed by atoms with E-state index in [1.165, 1.54) is 128 Å². The minimum atomic E-state index is -0.495. The summed E-state index contributed by atoms with van der Waals surface area (Å²) in [6, 6.07) is 25.5. The summed E-state index contributed by atoms with van der Waals surface area (Å²) in [5.41, 5.74) is 1.96. The van der Waals surface area contributed by atoms with Crippen molar-refractivity contribution >= 4 is 59.0 Å². The molecule has 12 rings (SSSR count). The number of phenols is 2. The van der Waals surface area contributed by atoms with Crippen LogP contribution in [0.4, 0.5) is 26.7 Å². The molecule has 109 heavy (non-hydrogen) atoms. The number of alkyl carbamates (subject to hydrolysis) is 1. The van der Waals surface area contributed by atoms with Gasteiger partial charge in [0.05, 0.1) is 29.9 Å². The van der Waals surface area contributed by atoms with Gasteiger partial charge in [0.1, 0.15) is 17.1 Å². The summed E-state index contributed by atoms with van der Waals surface area (Å²) in [4.78, 5) is 48.1. The van der Waals surface area contributed by atoms with Crippen LogP contribution in [0, 0.1) is 17.8 Å². The molecule has 9 aliphatic carbocycles. The summed E-state index contributed by atoms with van der Waals surface area (Å²) in [6.07, 6.45) is 36.2. The molecule has 610 valence electrons. The van der Waals surface area contributed by atoms with Gasteiger partial charge in [-0.2, -0.15) is 0 Å². The number of aromatic hydroxyl groups is 2. The van der Waals surface area contributed by atoms with Gasteiger partial charge in [-0.05, 0) is 305 Å². The van der Waals surface area contributed by atoms with Crippen LogP contribution in [0.1, 0.15) is 303 Å². The van der Waals surface area contributed by atoms with Crippen LogP contribution in [0.15, 0.2) is 104 Å². The molecular weight excluding hydrogens is 1370 g/mol. The summed E-state index contributed by atoms with van der Waals surface area (Å²) >= 11 is 0. The van der Waals surface area contributed by atoms with Crippen molar-refractivity contribution in [2.45, 2.75) is 380 Å². The van der Waals surface area contributed by atoms with Gasteiger partial charge in [-0.3, -0.25) is 15.6 Å². The number of urea groups is 1. The molecule has 9 aliphatic rings. The van der Waals surface area contributed by atoms with Crippen molar-refractivity contribution in [3.8, 4) is 11.5 Å². The first-order chi connectivity index (χ1) is 51.5. The average molecular weight is 1510 g/mol. The van der Waals surface area contributed by atoms with E-state index in [4.69, 9.17) is 24.7 Å². The molecule has 22 nitrogen and oxygen atoms in total. The Morgan fingerprint density at radius 2 is 0.862 bits per heavy atom. The molecule has 9 fully saturated rings. The number of rotatable bonds is 11. The van der Waals surface area contributed by atoms with Crippen LogP contribution < -0.4 is 58.5 Å². The average Bonchev–Trinajstić information content (AvgIpc) is 0.749. The van der Waals surface area contributed by atoms with Gasteiger partial charge in [0, 0.05) is 57.7 Å². The zero-order chi connectivity index (χ0) is 79.2. The first kappa shape index (κ1) is 88.7. The van der Waals surface area contributed by atoms with E-state index in [1.54, 1.807) is 48.5 Å². The molecule has 22 heteroatoms. The number of aliphatic hydroxyl groups is 1. The summed E-state index contributed by atoms with van der Waals surface area (Å²) in [7, 11) is 0. The highest BCUT2D eigenvalue weighted by atomic mass is 16.6. The molecule has 3 aromatic carbocycles. The number of hydrogen-bond donors (Lipinski definition) is 14. The lowest BCUT2D eigenvalue weighted by molar-refractivity contribution is -0.0106. The molecule has 0 aliphatic heterocycles. The molecule has 3 amide bonds. The van der Waals surface area contributed by atoms with Gasteiger partial charge in [-0.1, -0.05) is 95.2 Å². The van der Waals surface area contributed by atoms with Crippen LogP contribution in [0.2, 0.25) is 0 Å². The zero-order valence-electron chi connectivity index (χ0n) is 69.9. The molecule has 3 aromatic rings.